The van der Waals surface area contributed by atoms with Gasteiger partial charge in [-0.15, -0.1) is 0 Å². The van der Waals surface area contributed by atoms with E-state index >= 15 is 0 Å². The minimum absolute atomic E-state index is 0.0707. The van der Waals surface area contributed by atoms with Crippen LogP contribution in [-0.4, -0.2) is 62.2 Å². The smallest absolute Gasteiger partial charge is 0.352 e. The van der Waals surface area contributed by atoms with E-state index in [0.29, 0.717) is 44.1 Å². The van der Waals surface area contributed by atoms with Crippen LogP contribution in [0.15, 0.2) is 29.3 Å². The maximum absolute atomic E-state index is 12.5. The molecule has 1 saturated heterocycles. The summed E-state index contributed by atoms with van der Waals surface area (Å²) in [6.45, 7) is 2.80. The first kappa shape index (κ1) is 21.0. The van der Waals surface area contributed by atoms with Crippen LogP contribution in [0.2, 0.25) is 0 Å². The Morgan fingerprint density at radius 3 is 2.56 bits per heavy atom. The first-order chi connectivity index (χ1) is 12.8. The Balaban J connectivity index is 1.80. The van der Waals surface area contributed by atoms with Crippen molar-refractivity contribution in [1.29, 1.82) is 0 Å². The lowest BCUT2D eigenvalue weighted by atomic mass is 10.1. The molecule has 0 bridgehead atoms. The van der Waals surface area contributed by atoms with Gasteiger partial charge in [-0.2, -0.15) is 13.2 Å². The summed E-state index contributed by atoms with van der Waals surface area (Å²) in [5.74, 6) is 0.431. The van der Waals surface area contributed by atoms with Gasteiger partial charge in [0.15, 0.2) is 5.96 Å². The van der Waals surface area contributed by atoms with E-state index in [1.54, 1.807) is 19.2 Å². The first-order valence-electron chi connectivity index (χ1n) is 8.94. The average molecular weight is 385 g/mol. The minimum atomic E-state index is -4.17. The van der Waals surface area contributed by atoms with Crippen molar-refractivity contribution in [3.05, 3.63) is 35.4 Å². The highest BCUT2D eigenvalue weighted by Gasteiger charge is 2.34. The topological polar surface area (TPSA) is 68.8 Å². The van der Waals surface area contributed by atoms with Gasteiger partial charge in [0, 0.05) is 44.8 Å². The Morgan fingerprint density at radius 2 is 1.96 bits per heavy atom. The third kappa shape index (κ3) is 7.09. The van der Waals surface area contributed by atoms with Gasteiger partial charge in [-0.25, -0.2) is 0 Å². The zero-order valence-corrected chi connectivity index (χ0v) is 15.6. The fraction of sp³-hybridized carbons (Fsp3) is 0.556. The Morgan fingerprint density at radius 1 is 1.26 bits per heavy atom. The van der Waals surface area contributed by atoms with Crippen LogP contribution in [0.4, 0.5) is 13.2 Å². The lowest BCUT2D eigenvalue weighted by molar-refractivity contribution is -0.143. The number of hydrogen-bond acceptors (Lipinski definition) is 3. The highest BCUT2D eigenvalue weighted by Crippen LogP contribution is 2.19. The number of benzene rings is 1. The van der Waals surface area contributed by atoms with Crippen LogP contribution in [0, 0.1) is 0 Å². The molecule has 1 heterocycles. The van der Waals surface area contributed by atoms with Crippen LogP contribution < -0.4 is 16.0 Å². The standard InChI is InChI=1S/C18H26F3N5O/c1-3-23-16(27)14-6-4-13(5-7-14)10-24-17(22-2)25-15-8-9-26(11-15)12-18(19,20)21/h4-7,15H,3,8-12H2,1-2H3,(H,23,27)(H2,22,24,25). The van der Waals surface area contributed by atoms with Gasteiger partial charge in [0.1, 0.15) is 0 Å². The zero-order chi connectivity index (χ0) is 19.9. The third-order valence-corrected chi connectivity index (χ3v) is 4.25. The summed E-state index contributed by atoms with van der Waals surface area (Å²) in [7, 11) is 1.62. The van der Waals surface area contributed by atoms with Gasteiger partial charge in [0.2, 0.25) is 0 Å². The highest BCUT2D eigenvalue weighted by atomic mass is 19.4. The highest BCUT2D eigenvalue weighted by molar-refractivity contribution is 5.94. The number of likely N-dealkylation sites (tertiary alicyclic amines) is 1. The number of alkyl halides is 3. The molecule has 2 rings (SSSR count). The number of hydrogen-bond donors (Lipinski definition) is 3. The van der Waals surface area contributed by atoms with E-state index in [-0.39, 0.29) is 11.9 Å². The van der Waals surface area contributed by atoms with Gasteiger partial charge >= 0.3 is 6.18 Å². The van der Waals surface area contributed by atoms with Crippen LogP contribution in [0.1, 0.15) is 29.3 Å². The summed E-state index contributed by atoms with van der Waals surface area (Å²) in [6, 6.07) is 7.14. The molecule has 27 heavy (non-hydrogen) atoms. The Kier molecular flexibility index (Phi) is 7.46. The summed E-state index contributed by atoms with van der Waals surface area (Å²) in [4.78, 5) is 17.3. The van der Waals surface area contributed by atoms with Crippen molar-refractivity contribution in [1.82, 2.24) is 20.9 Å². The van der Waals surface area contributed by atoms with E-state index in [0.717, 1.165) is 5.56 Å². The fourth-order valence-corrected chi connectivity index (χ4v) is 2.96. The molecule has 0 spiro atoms. The van der Waals surface area contributed by atoms with Crippen molar-refractivity contribution < 1.29 is 18.0 Å². The minimum Gasteiger partial charge on any atom is -0.352 e. The van der Waals surface area contributed by atoms with Gasteiger partial charge in [-0.3, -0.25) is 14.7 Å². The SMILES string of the molecule is CCNC(=O)c1ccc(CNC(=NC)NC2CCN(CC(F)(F)F)C2)cc1. The molecule has 1 unspecified atom stereocenters. The lowest BCUT2D eigenvalue weighted by Crippen LogP contribution is -2.44. The molecule has 1 fully saturated rings. The van der Waals surface area contributed by atoms with Gasteiger partial charge < -0.3 is 16.0 Å². The second-order valence-corrected chi connectivity index (χ2v) is 6.46. The molecule has 150 valence electrons. The largest absolute Gasteiger partial charge is 0.401 e. The summed E-state index contributed by atoms with van der Waals surface area (Å²) in [6.07, 6.45) is -3.53. The number of amides is 1. The molecule has 1 amide bonds. The van der Waals surface area contributed by atoms with Gasteiger partial charge in [-0.05, 0) is 31.0 Å². The van der Waals surface area contributed by atoms with Crippen molar-refractivity contribution in [2.24, 2.45) is 4.99 Å². The second kappa shape index (κ2) is 9.59. The number of halogens is 3. The van der Waals surface area contributed by atoms with E-state index in [2.05, 4.69) is 20.9 Å². The monoisotopic (exact) mass is 385 g/mol. The normalized spacial score (nSPS) is 18.4. The predicted octanol–water partition coefficient (Wildman–Crippen LogP) is 1.74. The number of carbonyl (C=O) groups is 1. The van der Waals surface area contributed by atoms with Gasteiger partial charge in [0.25, 0.3) is 5.91 Å². The van der Waals surface area contributed by atoms with Gasteiger partial charge in [-0.1, -0.05) is 12.1 Å². The Labute approximate surface area is 157 Å². The number of carbonyl (C=O) groups excluding carboxylic acids is 1. The molecular formula is C18H26F3N5O. The lowest BCUT2D eigenvalue weighted by Gasteiger charge is -2.19. The molecule has 0 aromatic heterocycles. The maximum atomic E-state index is 12.5. The summed E-state index contributed by atoms with van der Waals surface area (Å²) in [5.41, 5.74) is 1.56. The molecule has 6 nitrogen and oxygen atoms in total. The Bertz CT molecular complexity index is 645. The maximum Gasteiger partial charge on any atom is 0.401 e. The number of nitrogens with one attached hydrogen (secondary N) is 3. The van der Waals surface area contributed by atoms with Crippen molar-refractivity contribution in [3.63, 3.8) is 0 Å². The number of rotatable bonds is 6. The van der Waals surface area contributed by atoms with E-state index in [9.17, 15) is 18.0 Å². The number of aliphatic imine (C=N–C) groups is 1. The fourth-order valence-electron chi connectivity index (χ4n) is 2.96. The van der Waals surface area contributed by atoms with Gasteiger partial charge in [0.05, 0.1) is 6.54 Å². The molecule has 1 aromatic carbocycles. The molecule has 1 aliphatic rings. The van der Waals surface area contributed by atoms with E-state index < -0.39 is 12.7 Å². The van der Waals surface area contributed by atoms with E-state index in [1.165, 1.54) is 4.90 Å². The zero-order valence-electron chi connectivity index (χ0n) is 15.6. The quantitative estimate of drug-likeness (QED) is 0.515. The van der Waals surface area contributed by atoms with Crippen LogP contribution in [0.5, 0.6) is 0 Å². The van der Waals surface area contributed by atoms with Crippen LogP contribution in [0.3, 0.4) is 0 Å². The molecule has 9 heteroatoms. The molecule has 0 radical (unpaired) electrons. The van der Waals surface area contributed by atoms with Crippen LogP contribution >= 0.6 is 0 Å². The molecule has 1 atom stereocenters. The molecular weight excluding hydrogens is 359 g/mol. The molecule has 0 aliphatic carbocycles. The van der Waals surface area contributed by atoms with E-state index in [4.69, 9.17) is 0 Å². The van der Waals surface area contributed by atoms with E-state index in [1.807, 2.05) is 19.1 Å². The molecule has 3 N–H and O–H groups in total. The summed E-state index contributed by atoms with van der Waals surface area (Å²) >= 11 is 0. The first-order valence-corrected chi connectivity index (χ1v) is 8.94. The number of guanidine groups is 1. The van der Waals surface area contributed by atoms with Crippen molar-refractivity contribution in [2.45, 2.75) is 32.1 Å². The van der Waals surface area contributed by atoms with Crippen molar-refractivity contribution in [3.8, 4) is 0 Å². The third-order valence-electron chi connectivity index (χ3n) is 4.25. The summed E-state index contributed by atoms with van der Waals surface area (Å²) in [5, 5.41) is 9.05. The average Bonchev–Trinajstić information content (AvgIpc) is 3.04. The second-order valence-electron chi connectivity index (χ2n) is 6.46. The van der Waals surface area contributed by atoms with Crippen LogP contribution in [0.25, 0.3) is 0 Å². The molecule has 1 aromatic rings. The molecule has 0 saturated carbocycles. The predicted molar refractivity (Wildman–Crippen MR) is 98.7 cm³/mol. The van der Waals surface area contributed by atoms with Crippen molar-refractivity contribution >= 4 is 11.9 Å². The van der Waals surface area contributed by atoms with Crippen LogP contribution in [-0.2, 0) is 6.54 Å². The molecule has 1 aliphatic heterocycles. The Hall–Kier alpha value is -2.29. The summed E-state index contributed by atoms with van der Waals surface area (Å²) < 4.78 is 37.4. The number of nitrogens with zero attached hydrogens (tertiary/aromatic N) is 2. The van der Waals surface area contributed by atoms with Crippen molar-refractivity contribution in [2.75, 3.05) is 33.2 Å².